The molecule has 0 radical (unpaired) electrons. The Bertz CT molecular complexity index is 599. The third-order valence-electron chi connectivity index (χ3n) is 3.28. The van der Waals surface area contributed by atoms with Crippen molar-refractivity contribution in [2.24, 2.45) is 0 Å². The topological polar surface area (TPSA) is 57.7 Å². The first-order valence-electron chi connectivity index (χ1n) is 6.27. The van der Waals surface area contributed by atoms with E-state index in [1.165, 1.54) is 5.01 Å². The first-order valence-corrected chi connectivity index (χ1v) is 8.88. The summed E-state index contributed by atoms with van der Waals surface area (Å²) in [6.07, 6.45) is 0.489. The van der Waals surface area contributed by atoms with Crippen LogP contribution in [0.5, 0.6) is 0 Å². The number of nitrogens with zero attached hydrogens (tertiary/aromatic N) is 2. The maximum Gasteiger partial charge on any atom is 0.268 e. The van der Waals surface area contributed by atoms with Crippen LogP contribution in [0.1, 0.15) is 16.8 Å². The second kappa shape index (κ2) is 5.83. The molecular weight excluding hydrogens is 344 g/mol. The number of carbonyl (C=O) groups is 1. The average molecular weight is 361 g/mol. The van der Waals surface area contributed by atoms with Gasteiger partial charge in [-0.15, -0.1) is 0 Å². The smallest absolute Gasteiger partial charge is 0.268 e. The number of sulfone groups is 1. The number of halogens is 1. The fourth-order valence-corrected chi connectivity index (χ4v) is 4.32. The van der Waals surface area contributed by atoms with Crippen LogP contribution in [0.3, 0.4) is 0 Å². The molecule has 1 aromatic rings. The molecule has 1 heterocycles. The molecule has 7 heteroatoms. The summed E-state index contributed by atoms with van der Waals surface area (Å²) in [6.45, 7) is 0. The molecular formula is C13H17BrN2O3S. The monoisotopic (exact) mass is 360 g/mol. The van der Waals surface area contributed by atoms with Crippen LogP contribution in [0.4, 0.5) is 0 Å². The van der Waals surface area contributed by atoms with Crippen molar-refractivity contribution < 1.29 is 13.2 Å². The number of amides is 1. The Balaban J connectivity index is 2.25. The van der Waals surface area contributed by atoms with E-state index in [-0.39, 0.29) is 23.5 Å². The Hall–Kier alpha value is -0.920. The lowest BCUT2D eigenvalue weighted by Crippen LogP contribution is -2.49. The van der Waals surface area contributed by atoms with E-state index in [4.69, 9.17) is 0 Å². The van der Waals surface area contributed by atoms with Crippen molar-refractivity contribution >= 4 is 31.7 Å². The van der Waals surface area contributed by atoms with Crippen LogP contribution in [0.2, 0.25) is 0 Å². The van der Waals surface area contributed by atoms with Gasteiger partial charge in [-0.1, -0.05) is 15.9 Å². The predicted octanol–water partition coefficient (Wildman–Crippen LogP) is 1.56. The van der Waals surface area contributed by atoms with Gasteiger partial charge in [-0.25, -0.2) is 13.4 Å². The molecule has 0 bridgehead atoms. The molecule has 110 valence electrons. The second-order valence-corrected chi connectivity index (χ2v) is 8.21. The lowest BCUT2D eigenvalue weighted by atomic mass is 10.1. The van der Waals surface area contributed by atoms with Crippen LogP contribution in [0.25, 0.3) is 0 Å². The van der Waals surface area contributed by atoms with Gasteiger partial charge in [0.1, 0.15) is 0 Å². The summed E-state index contributed by atoms with van der Waals surface area (Å²) in [4.78, 5) is 12.6. The Morgan fingerprint density at radius 2 is 1.85 bits per heavy atom. The molecule has 0 saturated carbocycles. The molecule has 0 aliphatic carbocycles. The van der Waals surface area contributed by atoms with Crippen molar-refractivity contribution in [1.82, 2.24) is 10.0 Å². The SMILES string of the molecule is CN(C)N(C(=O)c1ccc(Br)cc1)[C@@H]1CCS(=O)(=O)C1. The van der Waals surface area contributed by atoms with Gasteiger partial charge in [0.05, 0.1) is 17.5 Å². The van der Waals surface area contributed by atoms with E-state index >= 15 is 0 Å². The maximum atomic E-state index is 12.6. The first kappa shape index (κ1) is 15.5. The second-order valence-electron chi connectivity index (χ2n) is 5.06. The Kier molecular flexibility index (Phi) is 4.51. The Morgan fingerprint density at radius 3 is 2.30 bits per heavy atom. The van der Waals surface area contributed by atoms with Crippen LogP contribution < -0.4 is 0 Å². The number of hydrazine groups is 1. The predicted molar refractivity (Wildman–Crippen MR) is 81.1 cm³/mol. The Morgan fingerprint density at radius 1 is 1.25 bits per heavy atom. The van der Waals surface area contributed by atoms with Gasteiger partial charge in [0.2, 0.25) is 0 Å². The summed E-state index contributed by atoms with van der Waals surface area (Å²) in [7, 11) is 0.479. The molecule has 1 aliphatic rings. The van der Waals surface area contributed by atoms with Crippen molar-refractivity contribution in [3.8, 4) is 0 Å². The van der Waals surface area contributed by atoms with Gasteiger partial charge < -0.3 is 0 Å². The summed E-state index contributed by atoms with van der Waals surface area (Å²) < 4.78 is 24.1. The van der Waals surface area contributed by atoms with Crippen molar-refractivity contribution in [1.29, 1.82) is 0 Å². The molecule has 1 atom stereocenters. The van der Waals surface area contributed by atoms with Crippen LogP contribution in [0, 0.1) is 0 Å². The number of hydrogen-bond donors (Lipinski definition) is 0. The molecule has 1 aromatic carbocycles. The number of hydrogen-bond acceptors (Lipinski definition) is 4. The molecule has 0 aromatic heterocycles. The highest BCUT2D eigenvalue weighted by Crippen LogP contribution is 2.21. The van der Waals surface area contributed by atoms with Crippen LogP contribution >= 0.6 is 15.9 Å². The lowest BCUT2D eigenvalue weighted by molar-refractivity contribution is 0.00101. The number of carbonyl (C=O) groups excluding carboxylic acids is 1. The Labute approximate surface area is 127 Å². The molecule has 1 amide bonds. The third-order valence-corrected chi connectivity index (χ3v) is 5.56. The van der Waals surface area contributed by atoms with E-state index in [2.05, 4.69) is 15.9 Å². The zero-order valence-electron chi connectivity index (χ0n) is 11.4. The summed E-state index contributed by atoms with van der Waals surface area (Å²) in [6, 6.07) is 6.77. The summed E-state index contributed by atoms with van der Waals surface area (Å²) in [5, 5.41) is 3.20. The van der Waals surface area contributed by atoms with Crippen LogP contribution in [-0.2, 0) is 9.84 Å². The fourth-order valence-electron chi connectivity index (χ4n) is 2.37. The highest BCUT2D eigenvalue weighted by Gasteiger charge is 2.36. The van der Waals surface area contributed by atoms with Gasteiger partial charge in [0.25, 0.3) is 5.91 Å². The van der Waals surface area contributed by atoms with Crippen molar-refractivity contribution in [3.63, 3.8) is 0 Å². The summed E-state index contributed by atoms with van der Waals surface area (Å²) >= 11 is 3.33. The van der Waals surface area contributed by atoms with Gasteiger partial charge in [0.15, 0.2) is 9.84 Å². The van der Waals surface area contributed by atoms with Gasteiger partial charge in [0, 0.05) is 24.1 Å². The molecule has 0 spiro atoms. The quantitative estimate of drug-likeness (QED) is 0.767. The minimum Gasteiger partial charge on any atom is -0.268 e. The molecule has 0 N–H and O–H groups in total. The third kappa shape index (κ3) is 3.39. The molecule has 1 aliphatic heterocycles. The molecule has 1 saturated heterocycles. The molecule has 2 rings (SSSR count). The fraction of sp³-hybridized carbons (Fsp3) is 0.462. The van der Waals surface area contributed by atoms with Crippen LogP contribution in [0.15, 0.2) is 28.7 Å². The van der Waals surface area contributed by atoms with Crippen molar-refractivity contribution in [3.05, 3.63) is 34.3 Å². The van der Waals surface area contributed by atoms with E-state index in [0.717, 1.165) is 4.47 Å². The van der Waals surface area contributed by atoms with Gasteiger partial charge in [-0.3, -0.25) is 9.80 Å². The highest BCUT2D eigenvalue weighted by molar-refractivity contribution is 9.10. The van der Waals surface area contributed by atoms with E-state index < -0.39 is 9.84 Å². The normalized spacial score (nSPS) is 21.1. The number of rotatable bonds is 3. The van der Waals surface area contributed by atoms with E-state index in [9.17, 15) is 13.2 Å². The molecule has 5 nitrogen and oxygen atoms in total. The standard InChI is InChI=1S/C13H17BrN2O3S/c1-15(2)16(12-7-8-20(18,19)9-12)13(17)10-3-5-11(14)6-4-10/h3-6,12H,7-9H2,1-2H3/t12-/m1/s1. The summed E-state index contributed by atoms with van der Waals surface area (Å²) in [5.41, 5.74) is 0.547. The lowest BCUT2D eigenvalue weighted by Gasteiger charge is -2.33. The minimum atomic E-state index is -3.02. The van der Waals surface area contributed by atoms with Crippen molar-refractivity contribution in [2.45, 2.75) is 12.5 Å². The molecule has 1 fully saturated rings. The van der Waals surface area contributed by atoms with Crippen molar-refractivity contribution in [2.75, 3.05) is 25.6 Å². The maximum absolute atomic E-state index is 12.6. The van der Waals surface area contributed by atoms with Crippen LogP contribution in [-0.4, -0.2) is 56.0 Å². The largest absolute Gasteiger partial charge is 0.268 e. The zero-order valence-corrected chi connectivity index (χ0v) is 13.8. The first-order chi connectivity index (χ1) is 9.30. The molecule has 0 unspecified atom stereocenters. The molecule has 20 heavy (non-hydrogen) atoms. The average Bonchev–Trinajstić information content (AvgIpc) is 2.70. The van der Waals surface area contributed by atoms with Gasteiger partial charge in [-0.05, 0) is 30.7 Å². The van der Waals surface area contributed by atoms with Gasteiger partial charge in [-0.2, -0.15) is 0 Å². The summed E-state index contributed by atoms with van der Waals surface area (Å²) in [5.74, 6) is 0.00731. The highest BCUT2D eigenvalue weighted by atomic mass is 79.9. The van der Waals surface area contributed by atoms with Gasteiger partial charge >= 0.3 is 0 Å². The van der Waals surface area contributed by atoms with E-state index in [0.29, 0.717) is 12.0 Å². The zero-order chi connectivity index (χ0) is 14.9. The number of benzene rings is 1. The van der Waals surface area contributed by atoms with E-state index in [1.54, 1.807) is 43.4 Å². The minimum absolute atomic E-state index is 0.0352. The van der Waals surface area contributed by atoms with E-state index in [1.807, 2.05) is 0 Å².